The van der Waals surface area contributed by atoms with E-state index in [0.717, 1.165) is 38.1 Å². The van der Waals surface area contributed by atoms with Crippen LogP contribution in [-0.2, 0) is 4.74 Å². The number of hydrogen-bond donors (Lipinski definition) is 3. The molecule has 5 heteroatoms. The van der Waals surface area contributed by atoms with Gasteiger partial charge in [-0.1, -0.05) is 6.92 Å². The largest absolute Gasteiger partial charge is 0.444 e. The Kier molecular flexibility index (Phi) is 7.34. The van der Waals surface area contributed by atoms with Crippen molar-refractivity contribution in [2.45, 2.75) is 71.4 Å². The number of hydrogen-bond acceptors (Lipinski definition) is 4. The van der Waals surface area contributed by atoms with E-state index < -0.39 is 5.60 Å². The summed E-state index contributed by atoms with van der Waals surface area (Å²) in [5.41, 5.74) is -0.200. The molecule has 0 aromatic rings. The minimum Gasteiger partial charge on any atom is -0.444 e. The molecule has 0 aromatic carbocycles. The normalized spacial score (nSPS) is 26.4. The Bertz CT molecular complexity index is 321. The summed E-state index contributed by atoms with van der Waals surface area (Å²) >= 11 is 4.24. The molecule has 0 radical (unpaired) electrons. The van der Waals surface area contributed by atoms with Gasteiger partial charge in [0.2, 0.25) is 0 Å². The molecule has 0 spiro atoms. The molecule has 0 saturated heterocycles. The smallest absolute Gasteiger partial charge is 0.407 e. The van der Waals surface area contributed by atoms with Gasteiger partial charge in [-0.3, -0.25) is 0 Å². The van der Waals surface area contributed by atoms with Crippen LogP contribution < -0.4 is 10.6 Å². The third-order valence-corrected chi connectivity index (χ3v) is 4.57. The highest BCUT2D eigenvalue weighted by atomic mass is 32.1. The van der Waals surface area contributed by atoms with Gasteiger partial charge in [0.1, 0.15) is 5.60 Å². The molecule has 0 aromatic heterocycles. The van der Waals surface area contributed by atoms with Crippen molar-refractivity contribution in [3.8, 4) is 0 Å². The van der Waals surface area contributed by atoms with Crippen molar-refractivity contribution in [3.63, 3.8) is 0 Å². The summed E-state index contributed by atoms with van der Waals surface area (Å²) in [7, 11) is 0. The van der Waals surface area contributed by atoms with Gasteiger partial charge in [0.05, 0.1) is 0 Å². The number of alkyl carbamates (subject to hydrolysis) is 1. The predicted molar refractivity (Wildman–Crippen MR) is 91.1 cm³/mol. The van der Waals surface area contributed by atoms with Crippen LogP contribution in [-0.4, -0.2) is 36.6 Å². The van der Waals surface area contributed by atoms with Gasteiger partial charge in [-0.05, 0) is 58.3 Å². The molecular formula is C16H32N2O2S. The maximum Gasteiger partial charge on any atom is 0.407 e. The maximum absolute atomic E-state index is 11.8. The van der Waals surface area contributed by atoms with Crippen LogP contribution in [0.4, 0.5) is 4.79 Å². The Balaban J connectivity index is 2.39. The molecule has 124 valence electrons. The fraction of sp³-hybridized carbons (Fsp3) is 0.938. The minimum absolute atomic E-state index is 0.232. The van der Waals surface area contributed by atoms with Crippen LogP contribution >= 0.6 is 12.6 Å². The van der Waals surface area contributed by atoms with E-state index in [-0.39, 0.29) is 11.5 Å². The fourth-order valence-electron chi connectivity index (χ4n) is 2.93. The zero-order valence-electron chi connectivity index (χ0n) is 14.0. The molecule has 2 N–H and O–H groups in total. The summed E-state index contributed by atoms with van der Waals surface area (Å²) < 4.78 is 5.32. The maximum atomic E-state index is 11.8. The third-order valence-electron chi connectivity index (χ3n) is 4.35. The second-order valence-corrected chi connectivity index (χ2v) is 7.61. The molecule has 1 aliphatic rings. The number of carbonyl (C=O) groups is 1. The lowest BCUT2D eigenvalue weighted by Gasteiger charge is -2.40. The lowest BCUT2D eigenvalue weighted by atomic mass is 9.70. The monoisotopic (exact) mass is 316 g/mol. The Morgan fingerprint density at radius 3 is 2.43 bits per heavy atom. The first-order valence-corrected chi connectivity index (χ1v) is 8.74. The molecule has 0 heterocycles. The summed E-state index contributed by atoms with van der Waals surface area (Å²) in [4.78, 5) is 11.8. The first-order valence-electron chi connectivity index (χ1n) is 8.11. The molecule has 1 amide bonds. The molecule has 0 atom stereocenters. The van der Waals surface area contributed by atoms with Crippen molar-refractivity contribution in [3.05, 3.63) is 0 Å². The number of carbonyl (C=O) groups excluding carboxylic acids is 1. The first-order chi connectivity index (χ1) is 9.80. The summed E-state index contributed by atoms with van der Waals surface area (Å²) in [6.07, 6.45) is 5.47. The quantitative estimate of drug-likeness (QED) is 0.659. The molecule has 1 rings (SSSR count). The van der Waals surface area contributed by atoms with Gasteiger partial charge < -0.3 is 15.4 Å². The topological polar surface area (TPSA) is 50.4 Å². The van der Waals surface area contributed by atoms with Crippen LogP contribution in [0, 0.1) is 5.41 Å². The summed E-state index contributed by atoms with van der Waals surface area (Å²) in [5.74, 6) is 0.885. The van der Waals surface area contributed by atoms with Crippen molar-refractivity contribution in [1.82, 2.24) is 10.6 Å². The average Bonchev–Trinajstić information content (AvgIpc) is 2.42. The van der Waals surface area contributed by atoms with Gasteiger partial charge in [-0.15, -0.1) is 0 Å². The number of rotatable bonds is 6. The lowest BCUT2D eigenvalue weighted by molar-refractivity contribution is 0.0474. The van der Waals surface area contributed by atoms with Gasteiger partial charge >= 0.3 is 6.09 Å². The molecule has 1 aliphatic carbocycles. The second kappa shape index (κ2) is 8.28. The van der Waals surface area contributed by atoms with Crippen molar-refractivity contribution < 1.29 is 9.53 Å². The highest BCUT2D eigenvalue weighted by Gasteiger charge is 2.34. The van der Waals surface area contributed by atoms with Crippen molar-refractivity contribution in [2.24, 2.45) is 5.41 Å². The Hall–Kier alpha value is -0.420. The van der Waals surface area contributed by atoms with Crippen LogP contribution in [0.3, 0.4) is 0 Å². The number of nitrogens with one attached hydrogen (secondary N) is 2. The number of amides is 1. The molecule has 0 bridgehead atoms. The molecule has 1 fully saturated rings. The molecular weight excluding hydrogens is 284 g/mol. The van der Waals surface area contributed by atoms with Gasteiger partial charge in [-0.25, -0.2) is 4.79 Å². The standard InChI is InChI=1S/C16H32N2O2S/c1-5-16(12-18-14(19)20-15(2,3)4)8-6-13(7-9-16)17-10-11-21/h13,17,21H,5-12H2,1-4H3,(H,18,19). The van der Waals surface area contributed by atoms with Crippen molar-refractivity contribution in [2.75, 3.05) is 18.8 Å². The number of ether oxygens (including phenoxy) is 1. The van der Waals surface area contributed by atoms with E-state index in [1.807, 2.05) is 20.8 Å². The van der Waals surface area contributed by atoms with E-state index in [1.165, 1.54) is 12.8 Å². The van der Waals surface area contributed by atoms with E-state index in [1.54, 1.807) is 0 Å². The van der Waals surface area contributed by atoms with Gasteiger partial charge in [0, 0.05) is 24.9 Å². The zero-order chi connectivity index (χ0) is 15.9. The summed E-state index contributed by atoms with van der Waals surface area (Å²) in [6.45, 7) is 9.58. The second-order valence-electron chi connectivity index (χ2n) is 7.16. The SMILES string of the molecule is CCC1(CNC(=O)OC(C)(C)C)CCC(NCCS)CC1. The van der Waals surface area contributed by atoms with E-state index in [4.69, 9.17) is 4.74 Å². The highest BCUT2D eigenvalue weighted by molar-refractivity contribution is 7.80. The Morgan fingerprint density at radius 2 is 1.95 bits per heavy atom. The zero-order valence-corrected chi connectivity index (χ0v) is 14.9. The van der Waals surface area contributed by atoms with Crippen LogP contribution in [0.25, 0.3) is 0 Å². The van der Waals surface area contributed by atoms with Crippen LogP contribution in [0.5, 0.6) is 0 Å². The molecule has 21 heavy (non-hydrogen) atoms. The number of thiol groups is 1. The van der Waals surface area contributed by atoms with E-state index in [9.17, 15) is 4.79 Å². The molecule has 0 unspecified atom stereocenters. The lowest BCUT2D eigenvalue weighted by Crippen LogP contribution is -2.44. The van der Waals surface area contributed by atoms with E-state index in [0.29, 0.717) is 6.04 Å². The Labute approximate surface area is 135 Å². The van der Waals surface area contributed by atoms with Crippen LogP contribution in [0.1, 0.15) is 59.8 Å². The summed E-state index contributed by atoms with van der Waals surface area (Å²) in [6, 6.07) is 0.610. The average molecular weight is 317 g/mol. The van der Waals surface area contributed by atoms with Gasteiger partial charge in [0.15, 0.2) is 0 Å². The van der Waals surface area contributed by atoms with Crippen molar-refractivity contribution >= 4 is 18.7 Å². The van der Waals surface area contributed by atoms with Crippen molar-refractivity contribution in [1.29, 1.82) is 0 Å². The van der Waals surface area contributed by atoms with Crippen LogP contribution in [0.15, 0.2) is 0 Å². The highest BCUT2D eigenvalue weighted by Crippen LogP contribution is 2.38. The predicted octanol–water partition coefficient (Wildman–Crippen LogP) is 3.37. The van der Waals surface area contributed by atoms with Crippen LogP contribution in [0.2, 0.25) is 0 Å². The van der Waals surface area contributed by atoms with Gasteiger partial charge in [-0.2, -0.15) is 12.6 Å². The van der Waals surface area contributed by atoms with E-state index >= 15 is 0 Å². The summed E-state index contributed by atoms with van der Waals surface area (Å²) in [5, 5.41) is 6.51. The van der Waals surface area contributed by atoms with Gasteiger partial charge in [0.25, 0.3) is 0 Å². The molecule has 4 nitrogen and oxygen atoms in total. The third kappa shape index (κ3) is 6.92. The minimum atomic E-state index is -0.433. The first kappa shape index (κ1) is 18.6. The van der Waals surface area contributed by atoms with E-state index in [2.05, 4.69) is 30.2 Å². The fourth-order valence-corrected chi connectivity index (χ4v) is 3.06. The molecule has 0 aliphatic heterocycles. The Morgan fingerprint density at radius 1 is 1.33 bits per heavy atom. The molecule has 1 saturated carbocycles.